The van der Waals surface area contributed by atoms with Crippen LogP contribution in [0.4, 0.5) is 33.3 Å². The van der Waals surface area contributed by atoms with Crippen LogP contribution in [0.3, 0.4) is 0 Å². The number of rotatable bonds is 4. The zero-order valence-corrected chi connectivity index (χ0v) is 19.2. The van der Waals surface area contributed by atoms with Gasteiger partial charge in [0.25, 0.3) is 0 Å². The molecule has 0 bridgehead atoms. The zero-order valence-electron chi connectivity index (χ0n) is 19.2. The van der Waals surface area contributed by atoms with Crippen molar-refractivity contribution in [2.45, 2.75) is 25.2 Å². The summed E-state index contributed by atoms with van der Waals surface area (Å²) in [7, 11) is 0. The van der Waals surface area contributed by atoms with Crippen molar-refractivity contribution in [1.29, 1.82) is 0 Å². The highest BCUT2D eigenvalue weighted by Gasteiger charge is 2.42. The minimum Gasteiger partial charge on any atom is -0.368 e. The Balaban J connectivity index is 1.44. The molecule has 2 atom stereocenters. The molecule has 0 saturated carbocycles. The Morgan fingerprint density at radius 1 is 0.972 bits per heavy atom. The van der Waals surface area contributed by atoms with E-state index in [2.05, 4.69) is 5.32 Å². The van der Waals surface area contributed by atoms with Crippen molar-refractivity contribution in [2.24, 2.45) is 5.92 Å². The molecule has 188 valence electrons. The van der Waals surface area contributed by atoms with Gasteiger partial charge in [0.2, 0.25) is 5.91 Å². The van der Waals surface area contributed by atoms with Crippen molar-refractivity contribution in [2.75, 3.05) is 29.4 Å². The number of fused-ring (bicyclic) bond motifs is 3. The first-order valence-corrected chi connectivity index (χ1v) is 11.7. The third-order valence-electron chi connectivity index (χ3n) is 6.98. The lowest BCUT2D eigenvalue weighted by atomic mass is 9.82. The highest BCUT2D eigenvalue weighted by molar-refractivity contribution is 5.82. The Labute approximate surface area is 205 Å². The standard InChI is InChI=1S/C27H24F5N3O/c28-20-6-8-21(9-7-20)34-11-12-35-24-10-5-19(27(30,31)32)13-18(24)14-22(25(35)16-34)26(36)33-15-17-3-1-2-4-23(17)29/h1-10,13,22,25H,11-12,14-16H2,(H,33,36). The molecule has 4 nitrogen and oxygen atoms in total. The Bertz CT molecular complexity index is 1260. The van der Waals surface area contributed by atoms with E-state index < -0.39 is 23.5 Å². The number of nitrogens with zero attached hydrogens (tertiary/aromatic N) is 2. The van der Waals surface area contributed by atoms with Crippen LogP contribution < -0.4 is 15.1 Å². The highest BCUT2D eigenvalue weighted by Crippen LogP contribution is 2.40. The number of anilines is 2. The summed E-state index contributed by atoms with van der Waals surface area (Å²) in [5, 5.41) is 2.78. The fourth-order valence-corrected chi connectivity index (χ4v) is 5.14. The Morgan fingerprint density at radius 3 is 2.44 bits per heavy atom. The van der Waals surface area contributed by atoms with Crippen LogP contribution >= 0.6 is 0 Å². The van der Waals surface area contributed by atoms with E-state index in [0.717, 1.165) is 17.8 Å². The van der Waals surface area contributed by atoms with Crippen molar-refractivity contribution in [1.82, 2.24) is 5.32 Å². The second kappa shape index (κ2) is 9.44. The lowest BCUT2D eigenvalue weighted by Crippen LogP contribution is -2.61. The fraction of sp³-hybridized carbons (Fsp3) is 0.296. The zero-order chi connectivity index (χ0) is 25.4. The monoisotopic (exact) mass is 501 g/mol. The van der Waals surface area contributed by atoms with E-state index in [9.17, 15) is 26.7 Å². The van der Waals surface area contributed by atoms with Crippen LogP contribution in [0.2, 0.25) is 0 Å². The Kier molecular flexibility index (Phi) is 6.32. The number of carbonyl (C=O) groups excluding carboxylic acids is 1. The minimum absolute atomic E-state index is 0.0220. The maximum absolute atomic E-state index is 14.1. The first-order chi connectivity index (χ1) is 17.2. The first kappa shape index (κ1) is 24.1. The molecule has 2 aliphatic rings. The van der Waals surface area contributed by atoms with Crippen molar-refractivity contribution < 1.29 is 26.7 Å². The molecule has 1 amide bonds. The van der Waals surface area contributed by atoms with Gasteiger partial charge in [0, 0.05) is 43.1 Å². The molecule has 36 heavy (non-hydrogen) atoms. The smallest absolute Gasteiger partial charge is 0.368 e. The SMILES string of the molecule is O=C(NCc1ccccc1F)C1Cc2cc(C(F)(F)F)ccc2N2CCN(c3ccc(F)cc3)CC12. The molecule has 0 radical (unpaired) electrons. The maximum Gasteiger partial charge on any atom is 0.416 e. The second-order valence-electron chi connectivity index (χ2n) is 9.14. The molecular formula is C27H24F5N3O. The fourth-order valence-electron chi connectivity index (χ4n) is 5.14. The van der Waals surface area contributed by atoms with Gasteiger partial charge in [-0.1, -0.05) is 18.2 Å². The number of carbonyl (C=O) groups is 1. The van der Waals surface area contributed by atoms with Crippen molar-refractivity contribution in [3.63, 3.8) is 0 Å². The summed E-state index contributed by atoms with van der Waals surface area (Å²) in [5.41, 5.74) is 1.53. The van der Waals surface area contributed by atoms with Crippen LogP contribution in [-0.2, 0) is 23.9 Å². The summed E-state index contributed by atoms with van der Waals surface area (Å²) < 4.78 is 67.7. The van der Waals surface area contributed by atoms with Gasteiger partial charge in [-0.3, -0.25) is 4.79 Å². The first-order valence-electron chi connectivity index (χ1n) is 11.7. The van der Waals surface area contributed by atoms with Gasteiger partial charge in [-0.15, -0.1) is 0 Å². The van der Waals surface area contributed by atoms with Crippen LogP contribution in [0, 0.1) is 17.6 Å². The number of hydrogen-bond acceptors (Lipinski definition) is 3. The van der Waals surface area contributed by atoms with E-state index in [0.29, 0.717) is 36.4 Å². The van der Waals surface area contributed by atoms with Crippen LogP contribution in [0.5, 0.6) is 0 Å². The predicted octanol–water partition coefficient (Wildman–Crippen LogP) is 5.17. The molecular weight excluding hydrogens is 477 g/mol. The predicted molar refractivity (Wildman–Crippen MR) is 127 cm³/mol. The molecule has 5 rings (SSSR count). The van der Waals surface area contributed by atoms with Gasteiger partial charge in [-0.05, 0) is 60.5 Å². The molecule has 2 heterocycles. The minimum atomic E-state index is -4.49. The quantitative estimate of drug-likeness (QED) is 0.502. The van der Waals surface area contributed by atoms with Crippen LogP contribution in [0.25, 0.3) is 0 Å². The molecule has 1 N–H and O–H groups in total. The van der Waals surface area contributed by atoms with E-state index in [-0.39, 0.29) is 30.7 Å². The van der Waals surface area contributed by atoms with E-state index in [1.54, 1.807) is 30.3 Å². The van der Waals surface area contributed by atoms with E-state index in [1.165, 1.54) is 24.3 Å². The van der Waals surface area contributed by atoms with Gasteiger partial charge in [0.1, 0.15) is 11.6 Å². The highest BCUT2D eigenvalue weighted by atomic mass is 19.4. The molecule has 3 aromatic rings. The van der Waals surface area contributed by atoms with E-state index >= 15 is 0 Å². The normalized spacial score (nSPS) is 19.5. The summed E-state index contributed by atoms with van der Waals surface area (Å²) in [4.78, 5) is 17.4. The molecule has 9 heteroatoms. The molecule has 2 unspecified atom stereocenters. The summed E-state index contributed by atoms with van der Waals surface area (Å²) in [5.74, 6) is -1.80. The topological polar surface area (TPSA) is 35.6 Å². The Hall–Kier alpha value is -3.62. The van der Waals surface area contributed by atoms with Gasteiger partial charge in [0.15, 0.2) is 0 Å². The molecule has 1 fully saturated rings. The summed E-state index contributed by atoms with van der Waals surface area (Å²) in [6, 6.07) is 15.5. The largest absolute Gasteiger partial charge is 0.416 e. The van der Waals surface area contributed by atoms with Crippen LogP contribution in [0.1, 0.15) is 16.7 Å². The van der Waals surface area contributed by atoms with Crippen molar-refractivity contribution in [3.05, 3.63) is 95.1 Å². The van der Waals surface area contributed by atoms with Gasteiger partial charge in [-0.2, -0.15) is 13.2 Å². The average molecular weight is 501 g/mol. The number of benzene rings is 3. The number of alkyl halides is 3. The van der Waals surface area contributed by atoms with Crippen molar-refractivity contribution in [3.8, 4) is 0 Å². The van der Waals surface area contributed by atoms with Crippen LogP contribution in [-0.4, -0.2) is 31.6 Å². The van der Waals surface area contributed by atoms with Crippen molar-refractivity contribution >= 4 is 17.3 Å². The molecule has 3 aromatic carbocycles. The summed E-state index contributed by atoms with van der Waals surface area (Å²) in [6.07, 6.45) is -4.36. The number of nitrogens with one attached hydrogen (secondary N) is 1. The lowest BCUT2D eigenvalue weighted by Gasteiger charge is -2.49. The average Bonchev–Trinajstić information content (AvgIpc) is 2.86. The molecule has 0 aliphatic carbocycles. The number of piperazine rings is 1. The summed E-state index contributed by atoms with van der Waals surface area (Å²) >= 11 is 0. The van der Waals surface area contributed by atoms with E-state index in [4.69, 9.17) is 0 Å². The molecule has 0 spiro atoms. The second-order valence-corrected chi connectivity index (χ2v) is 9.14. The maximum atomic E-state index is 14.1. The molecule has 1 saturated heterocycles. The van der Waals surface area contributed by atoms with Gasteiger partial charge in [0.05, 0.1) is 17.5 Å². The Morgan fingerprint density at radius 2 is 1.72 bits per heavy atom. The molecule has 2 aliphatic heterocycles. The number of hydrogen-bond donors (Lipinski definition) is 1. The summed E-state index contributed by atoms with van der Waals surface area (Å²) in [6.45, 7) is 1.46. The lowest BCUT2D eigenvalue weighted by molar-refractivity contribution is -0.137. The molecule has 0 aromatic heterocycles. The third-order valence-corrected chi connectivity index (χ3v) is 6.98. The number of halogens is 5. The van der Waals surface area contributed by atoms with E-state index in [1.807, 2.05) is 9.80 Å². The van der Waals surface area contributed by atoms with Gasteiger partial charge < -0.3 is 15.1 Å². The van der Waals surface area contributed by atoms with Gasteiger partial charge >= 0.3 is 6.18 Å². The number of amides is 1. The van der Waals surface area contributed by atoms with Gasteiger partial charge in [-0.25, -0.2) is 8.78 Å². The third kappa shape index (κ3) is 4.74. The van der Waals surface area contributed by atoms with Crippen LogP contribution in [0.15, 0.2) is 66.7 Å².